The van der Waals surface area contributed by atoms with Gasteiger partial charge in [0.05, 0.1) is 24.0 Å². The number of aryl methyl sites for hydroxylation is 1. The Morgan fingerprint density at radius 3 is 2.71 bits per heavy atom. The van der Waals surface area contributed by atoms with E-state index in [1.165, 1.54) is 4.90 Å². The van der Waals surface area contributed by atoms with Crippen LogP contribution >= 0.6 is 0 Å². The number of carbonyl (C=O) groups is 2. The zero-order valence-electron chi connectivity index (χ0n) is 13.8. The molecule has 0 aliphatic carbocycles. The fourth-order valence-corrected chi connectivity index (χ4v) is 2.95. The van der Waals surface area contributed by atoms with Gasteiger partial charge in [-0.15, -0.1) is 0 Å². The average molecular weight is 334 g/mol. The number of aromatic nitrogens is 3. The van der Waals surface area contributed by atoms with E-state index in [4.69, 9.17) is 5.11 Å². The van der Waals surface area contributed by atoms with E-state index < -0.39 is 24.1 Å². The first kappa shape index (κ1) is 16.4. The second-order valence-electron chi connectivity index (χ2n) is 6.46. The number of pyridine rings is 1. The summed E-state index contributed by atoms with van der Waals surface area (Å²) in [6.45, 7) is 5.31. The number of carboxylic acid groups (broad SMARTS) is 1. The van der Waals surface area contributed by atoms with Crippen molar-refractivity contribution in [3.8, 4) is 0 Å². The molecule has 0 saturated carbocycles. The summed E-state index contributed by atoms with van der Waals surface area (Å²) in [5.41, 5.74) is -0.822. The lowest BCUT2D eigenvalue weighted by molar-refractivity contribution is -0.149. The van der Waals surface area contributed by atoms with Crippen LogP contribution in [0.5, 0.6) is 0 Å². The van der Waals surface area contributed by atoms with E-state index in [1.54, 1.807) is 23.9 Å². The summed E-state index contributed by atoms with van der Waals surface area (Å²) in [6.07, 6.45) is 1.44. The van der Waals surface area contributed by atoms with Crippen molar-refractivity contribution in [3.63, 3.8) is 0 Å². The number of nitrogens with zero attached hydrogens (tertiary/aromatic N) is 4. The molecule has 1 aliphatic rings. The molecule has 3 rings (SSSR count). The number of hydrogen-bond acceptors (Lipinski definition) is 4. The van der Waals surface area contributed by atoms with Gasteiger partial charge in [-0.1, -0.05) is 0 Å². The number of carbonyl (C=O) groups excluding carboxylic acids is 1. The molecule has 1 amide bonds. The minimum absolute atomic E-state index is 0.0738. The summed E-state index contributed by atoms with van der Waals surface area (Å²) in [7, 11) is 0. The van der Waals surface area contributed by atoms with Gasteiger partial charge in [-0.25, -0.2) is 18.9 Å². The molecule has 7 nitrogen and oxygen atoms in total. The highest BCUT2D eigenvalue weighted by Crippen LogP contribution is 2.28. The maximum Gasteiger partial charge on any atom is 0.343 e. The molecule has 24 heavy (non-hydrogen) atoms. The summed E-state index contributed by atoms with van der Waals surface area (Å²) in [5, 5.41) is 14.0. The van der Waals surface area contributed by atoms with E-state index >= 15 is 0 Å². The molecule has 1 unspecified atom stereocenters. The van der Waals surface area contributed by atoms with Gasteiger partial charge in [-0.05, 0) is 26.8 Å². The fourth-order valence-electron chi connectivity index (χ4n) is 2.95. The number of amides is 1. The Hall–Kier alpha value is -2.51. The van der Waals surface area contributed by atoms with Crippen molar-refractivity contribution in [2.24, 2.45) is 0 Å². The first-order valence-electron chi connectivity index (χ1n) is 7.79. The third-order valence-electron chi connectivity index (χ3n) is 4.37. The lowest BCUT2D eigenvalue weighted by Gasteiger charge is -2.18. The van der Waals surface area contributed by atoms with Gasteiger partial charge in [-0.2, -0.15) is 5.10 Å². The van der Waals surface area contributed by atoms with E-state index in [-0.39, 0.29) is 19.0 Å². The molecular weight excluding hydrogens is 315 g/mol. The van der Waals surface area contributed by atoms with Crippen LogP contribution in [0.15, 0.2) is 12.3 Å². The minimum Gasteiger partial charge on any atom is -0.479 e. The van der Waals surface area contributed by atoms with Gasteiger partial charge in [-0.3, -0.25) is 4.79 Å². The molecule has 2 aromatic heterocycles. The third kappa shape index (κ3) is 2.51. The number of aliphatic carboxylic acids is 1. The largest absolute Gasteiger partial charge is 0.479 e. The highest BCUT2D eigenvalue weighted by atomic mass is 19.1. The molecule has 1 fully saturated rings. The van der Waals surface area contributed by atoms with Gasteiger partial charge in [0.25, 0.3) is 5.91 Å². The monoisotopic (exact) mass is 334 g/mol. The van der Waals surface area contributed by atoms with Crippen molar-refractivity contribution >= 4 is 22.9 Å². The number of hydrogen-bond donors (Lipinski definition) is 1. The van der Waals surface area contributed by atoms with Crippen molar-refractivity contribution in [1.82, 2.24) is 19.7 Å². The summed E-state index contributed by atoms with van der Waals surface area (Å²) >= 11 is 0. The van der Waals surface area contributed by atoms with Gasteiger partial charge in [0.15, 0.2) is 5.65 Å². The summed E-state index contributed by atoms with van der Waals surface area (Å²) in [4.78, 5) is 29.4. The third-order valence-corrected chi connectivity index (χ3v) is 4.37. The Bertz CT molecular complexity index is 832. The molecule has 1 saturated heterocycles. The minimum atomic E-state index is -2.37. The summed E-state index contributed by atoms with van der Waals surface area (Å²) in [6, 6.07) is 1.82. The van der Waals surface area contributed by atoms with E-state index in [1.807, 2.05) is 13.8 Å². The van der Waals surface area contributed by atoms with Crippen LogP contribution in [0, 0.1) is 6.92 Å². The van der Waals surface area contributed by atoms with Crippen LogP contribution in [0.4, 0.5) is 4.39 Å². The maximum atomic E-state index is 14.2. The molecule has 1 atom stereocenters. The van der Waals surface area contributed by atoms with Crippen molar-refractivity contribution in [2.75, 3.05) is 13.1 Å². The van der Waals surface area contributed by atoms with Crippen molar-refractivity contribution in [1.29, 1.82) is 0 Å². The van der Waals surface area contributed by atoms with Crippen LogP contribution in [0.3, 0.4) is 0 Å². The second kappa shape index (κ2) is 5.54. The average Bonchev–Trinajstić information content (AvgIpc) is 3.10. The molecule has 2 aromatic rings. The predicted molar refractivity (Wildman–Crippen MR) is 84.6 cm³/mol. The normalized spacial score (nSPS) is 21.0. The summed E-state index contributed by atoms with van der Waals surface area (Å²) < 4.78 is 16.0. The van der Waals surface area contributed by atoms with Crippen LogP contribution in [0.25, 0.3) is 11.0 Å². The number of alkyl halides is 1. The van der Waals surface area contributed by atoms with Crippen LogP contribution < -0.4 is 0 Å². The quantitative estimate of drug-likeness (QED) is 0.927. The van der Waals surface area contributed by atoms with Crippen LogP contribution in [0.2, 0.25) is 0 Å². The standard InChI is InChI=1S/C16H19FN4O3/c1-9(2)21-13-11(7-18-21)6-12(10(3)19-13)14(22)20-5-4-16(17,8-20)15(23)24/h6-7,9H,4-5,8H2,1-3H3,(H,23,24). The first-order chi connectivity index (χ1) is 11.2. The zero-order chi connectivity index (χ0) is 17.6. The Morgan fingerprint density at radius 2 is 2.12 bits per heavy atom. The fraction of sp³-hybridized carbons (Fsp3) is 0.500. The van der Waals surface area contributed by atoms with Crippen LogP contribution in [-0.2, 0) is 4.79 Å². The molecule has 0 bridgehead atoms. The molecule has 1 aliphatic heterocycles. The number of halogens is 1. The molecule has 128 valence electrons. The number of fused-ring (bicyclic) bond motifs is 1. The van der Waals surface area contributed by atoms with E-state index in [0.29, 0.717) is 16.9 Å². The maximum absolute atomic E-state index is 14.2. The van der Waals surface area contributed by atoms with Gasteiger partial charge < -0.3 is 10.0 Å². The van der Waals surface area contributed by atoms with Gasteiger partial charge >= 0.3 is 5.97 Å². The zero-order valence-corrected chi connectivity index (χ0v) is 13.8. The lowest BCUT2D eigenvalue weighted by atomic mass is 10.1. The van der Waals surface area contributed by atoms with Gasteiger partial charge in [0, 0.05) is 24.4 Å². The van der Waals surface area contributed by atoms with E-state index in [2.05, 4.69) is 10.1 Å². The Labute approximate surface area is 138 Å². The van der Waals surface area contributed by atoms with E-state index in [9.17, 15) is 14.0 Å². The van der Waals surface area contributed by atoms with E-state index in [0.717, 1.165) is 5.39 Å². The Balaban J connectivity index is 1.94. The summed E-state index contributed by atoms with van der Waals surface area (Å²) in [5.74, 6) is -1.93. The van der Waals surface area contributed by atoms with Crippen molar-refractivity contribution < 1.29 is 19.1 Å². The topological polar surface area (TPSA) is 88.3 Å². The molecular formula is C16H19FN4O3. The number of carboxylic acids is 1. The molecule has 0 radical (unpaired) electrons. The SMILES string of the molecule is Cc1nc2c(cnn2C(C)C)cc1C(=O)N1CCC(F)(C(=O)O)C1. The van der Waals surface area contributed by atoms with Gasteiger partial charge in [0.2, 0.25) is 5.67 Å². The van der Waals surface area contributed by atoms with Crippen LogP contribution in [-0.4, -0.2) is 55.4 Å². The lowest BCUT2D eigenvalue weighted by Crippen LogP contribution is -2.39. The molecule has 1 N–H and O–H groups in total. The first-order valence-corrected chi connectivity index (χ1v) is 7.79. The molecule has 3 heterocycles. The second-order valence-corrected chi connectivity index (χ2v) is 6.46. The Kier molecular flexibility index (Phi) is 3.77. The smallest absolute Gasteiger partial charge is 0.343 e. The number of rotatable bonds is 3. The molecule has 0 spiro atoms. The highest BCUT2D eigenvalue weighted by molar-refractivity contribution is 5.99. The molecule has 0 aromatic carbocycles. The highest BCUT2D eigenvalue weighted by Gasteiger charge is 2.47. The van der Waals surface area contributed by atoms with Crippen LogP contribution in [0.1, 0.15) is 42.4 Å². The molecule has 8 heteroatoms. The predicted octanol–water partition coefficient (Wildman–Crippen LogP) is 1.96. The number of likely N-dealkylation sites (tertiary alicyclic amines) is 1. The van der Waals surface area contributed by atoms with Gasteiger partial charge in [0.1, 0.15) is 0 Å². The van der Waals surface area contributed by atoms with Crippen molar-refractivity contribution in [2.45, 2.75) is 38.9 Å². The Morgan fingerprint density at radius 1 is 1.42 bits per heavy atom. The van der Waals surface area contributed by atoms with Crippen molar-refractivity contribution in [3.05, 3.63) is 23.5 Å².